The van der Waals surface area contributed by atoms with Crippen LogP contribution in [-0.4, -0.2) is 94.7 Å². The Morgan fingerprint density at radius 2 is 1.97 bits per heavy atom. The summed E-state index contributed by atoms with van der Waals surface area (Å²) in [5.41, 5.74) is 0.0818. The molecule has 0 unspecified atom stereocenters. The highest BCUT2D eigenvalue weighted by Gasteiger charge is 2.33. The van der Waals surface area contributed by atoms with Gasteiger partial charge in [0.1, 0.15) is 11.4 Å². The van der Waals surface area contributed by atoms with Crippen molar-refractivity contribution in [1.29, 1.82) is 0 Å². The van der Waals surface area contributed by atoms with Crippen molar-refractivity contribution >= 4 is 40.2 Å². The number of aliphatic hydroxyl groups is 4. The van der Waals surface area contributed by atoms with Gasteiger partial charge in [0.2, 0.25) is 0 Å². The molecule has 0 spiro atoms. The number of amides is 1. The SMILES string of the molecule is CN(C(=O)OC(C)(C)C)c1cnc(N2CC[C@H](O)[C@H]2CO)cc1I.OC[C@H]1NCC[C@@H]1O. The van der Waals surface area contributed by atoms with Crippen molar-refractivity contribution in [1.82, 2.24) is 10.3 Å². The van der Waals surface area contributed by atoms with E-state index in [-0.39, 0.29) is 31.4 Å². The molecule has 2 saturated heterocycles. The summed E-state index contributed by atoms with van der Waals surface area (Å²) in [5, 5.41) is 39.8. The molecule has 0 bridgehead atoms. The molecule has 2 aliphatic rings. The van der Waals surface area contributed by atoms with Crippen molar-refractivity contribution in [2.45, 2.75) is 63.5 Å². The molecular formula is C21H35IN4O6. The molecule has 10 nitrogen and oxygen atoms in total. The first-order valence-corrected chi connectivity index (χ1v) is 11.8. The molecule has 0 aromatic carbocycles. The van der Waals surface area contributed by atoms with Crippen LogP contribution in [0.15, 0.2) is 12.3 Å². The molecule has 2 aliphatic heterocycles. The summed E-state index contributed by atoms with van der Waals surface area (Å²) in [5.74, 6) is 0.677. The summed E-state index contributed by atoms with van der Waals surface area (Å²) < 4.78 is 6.20. The Bertz CT molecular complexity index is 762. The highest BCUT2D eigenvalue weighted by atomic mass is 127. The number of hydrogen-bond acceptors (Lipinski definition) is 9. The number of carbonyl (C=O) groups is 1. The molecule has 3 rings (SSSR count). The number of aromatic nitrogens is 1. The molecule has 32 heavy (non-hydrogen) atoms. The molecule has 1 aromatic rings. The summed E-state index contributed by atoms with van der Waals surface area (Å²) >= 11 is 2.14. The molecule has 5 N–H and O–H groups in total. The van der Waals surface area contributed by atoms with Crippen molar-refractivity contribution in [2.24, 2.45) is 0 Å². The van der Waals surface area contributed by atoms with Gasteiger partial charge in [-0.15, -0.1) is 0 Å². The van der Waals surface area contributed by atoms with Gasteiger partial charge < -0.3 is 35.4 Å². The van der Waals surface area contributed by atoms with Gasteiger partial charge >= 0.3 is 6.09 Å². The monoisotopic (exact) mass is 566 g/mol. The van der Waals surface area contributed by atoms with Gasteiger partial charge in [-0.2, -0.15) is 0 Å². The fourth-order valence-electron chi connectivity index (χ4n) is 3.53. The average Bonchev–Trinajstić information content (AvgIpc) is 3.31. The zero-order valence-electron chi connectivity index (χ0n) is 19.0. The smallest absolute Gasteiger partial charge is 0.414 e. The van der Waals surface area contributed by atoms with Gasteiger partial charge in [-0.1, -0.05) is 0 Å². The number of anilines is 2. The van der Waals surface area contributed by atoms with Crippen LogP contribution >= 0.6 is 22.6 Å². The fourth-order valence-corrected chi connectivity index (χ4v) is 4.31. The number of hydrogen-bond donors (Lipinski definition) is 5. The number of carbonyl (C=O) groups excluding carboxylic acids is 1. The highest BCUT2D eigenvalue weighted by Crippen LogP contribution is 2.29. The van der Waals surface area contributed by atoms with Crippen molar-refractivity contribution in [3.63, 3.8) is 0 Å². The Kier molecular flexibility index (Phi) is 9.91. The lowest BCUT2D eigenvalue weighted by Gasteiger charge is -2.27. The topological polar surface area (TPSA) is 139 Å². The minimum atomic E-state index is -0.565. The van der Waals surface area contributed by atoms with Crippen LogP contribution in [0.1, 0.15) is 33.6 Å². The molecule has 1 amide bonds. The molecular weight excluding hydrogens is 531 g/mol. The number of ether oxygens (including phenoxy) is 1. The van der Waals surface area contributed by atoms with Gasteiger partial charge in [0, 0.05) is 17.2 Å². The molecule has 0 aliphatic carbocycles. The second-order valence-electron chi connectivity index (χ2n) is 8.93. The van der Waals surface area contributed by atoms with Crippen molar-refractivity contribution < 1.29 is 30.0 Å². The third-order valence-corrected chi connectivity index (χ3v) is 6.21. The van der Waals surface area contributed by atoms with Gasteiger partial charge in [0.05, 0.1) is 49.4 Å². The van der Waals surface area contributed by atoms with E-state index in [0.29, 0.717) is 24.5 Å². The number of halogens is 1. The maximum Gasteiger partial charge on any atom is 0.414 e. The Morgan fingerprint density at radius 3 is 2.44 bits per heavy atom. The molecule has 2 fully saturated rings. The van der Waals surface area contributed by atoms with Crippen LogP contribution in [0.4, 0.5) is 16.3 Å². The summed E-state index contributed by atoms with van der Waals surface area (Å²) in [6, 6.07) is 1.43. The normalized spacial score (nSPS) is 25.3. The summed E-state index contributed by atoms with van der Waals surface area (Å²) in [4.78, 5) is 19.9. The first-order valence-electron chi connectivity index (χ1n) is 10.7. The minimum absolute atomic E-state index is 0.0428. The maximum atomic E-state index is 12.2. The third kappa shape index (κ3) is 7.12. The fraction of sp³-hybridized carbons (Fsp3) is 0.714. The average molecular weight is 566 g/mol. The van der Waals surface area contributed by atoms with Crippen molar-refractivity contribution in [3.8, 4) is 0 Å². The number of nitrogens with zero attached hydrogens (tertiary/aromatic N) is 3. The second kappa shape index (κ2) is 11.7. The number of nitrogens with one attached hydrogen (secondary N) is 1. The number of pyridine rings is 1. The molecule has 1 aromatic heterocycles. The first-order chi connectivity index (χ1) is 15.0. The van der Waals surface area contributed by atoms with Crippen LogP contribution in [0.2, 0.25) is 0 Å². The molecule has 0 saturated carbocycles. The van der Waals surface area contributed by atoms with Crippen LogP contribution in [0.25, 0.3) is 0 Å². The zero-order chi connectivity index (χ0) is 24.1. The van der Waals surface area contributed by atoms with Gasteiger partial charge in [-0.05, 0) is 68.8 Å². The molecule has 4 atom stereocenters. The van der Waals surface area contributed by atoms with E-state index < -0.39 is 17.8 Å². The Labute approximate surface area is 202 Å². The maximum absolute atomic E-state index is 12.2. The van der Waals surface area contributed by atoms with Crippen LogP contribution in [0.5, 0.6) is 0 Å². The van der Waals surface area contributed by atoms with E-state index in [1.807, 2.05) is 31.7 Å². The zero-order valence-corrected chi connectivity index (χ0v) is 21.2. The van der Waals surface area contributed by atoms with Gasteiger partial charge in [0.25, 0.3) is 0 Å². The quantitative estimate of drug-likeness (QED) is 0.334. The van der Waals surface area contributed by atoms with Crippen LogP contribution in [0, 0.1) is 3.57 Å². The lowest BCUT2D eigenvalue weighted by molar-refractivity contribution is 0.0589. The van der Waals surface area contributed by atoms with E-state index in [2.05, 4.69) is 32.9 Å². The Balaban J connectivity index is 0.000000380. The van der Waals surface area contributed by atoms with Crippen LogP contribution in [0.3, 0.4) is 0 Å². The Hall–Kier alpha value is -1.25. The van der Waals surface area contributed by atoms with E-state index in [1.54, 1.807) is 13.2 Å². The largest absolute Gasteiger partial charge is 0.443 e. The second-order valence-corrected chi connectivity index (χ2v) is 10.1. The van der Waals surface area contributed by atoms with Crippen LogP contribution in [-0.2, 0) is 4.74 Å². The predicted octanol–water partition coefficient (Wildman–Crippen LogP) is 0.691. The van der Waals surface area contributed by atoms with Crippen molar-refractivity contribution in [3.05, 3.63) is 15.8 Å². The molecule has 182 valence electrons. The minimum Gasteiger partial charge on any atom is -0.443 e. The van der Waals surface area contributed by atoms with E-state index in [1.165, 1.54) is 4.90 Å². The number of aliphatic hydroxyl groups excluding tert-OH is 4. The third-order valence-electron chi connectivity index (χ3n) is 5.35. The summed E-state index contributed by atoms with van der Waals surface area (Å²) in [6.45, 7) is 6.83. The Morgan fingerprint density at radius 1 is 1.28 bits per heavy atom. The van der Waals surface area contributed by atoms with E-state index in [9.17, 15) is 15.0 Å². The van der Waals surface area contributed by atoms with Gasteiger partial charge in [-0.25, -0.2) is 9.78 Å². The van der Waals surface area contributed by atoms with E-state index >= 15 is 0 Å². The van der Waals surface area contributed by atoms with Crippen molar-refractivity contribution in [2.75, 3.05) is 43.2 Å². The lowest BCUT2D eigenvalue weighted by Crippen LogP contribution is -2.39. The highest BCUT2D eigenvalue weighted by molar-refractivity contribution is 14.1. The standard InChI is InChI=1S/C16H24IN3O4.C5H11NO2/c1-16(2,3)24-15(23)19(4)11-8-18-14(7-10(11)17)20-6-5-13(22)12(20)9-21;7-3-4-5(8)1-2-6-4/h7-8,12-13,21-22H,5-6,9H2,1-4H3;4-8H,1-3H2/t12-,13+;4-,5+/m11/s1. The predicted molar refractivity (Wildman–Crippen MR) is 130 cm³/mol. The lowest BCUT2D eigenvalue weighted by atomic mass is 10.2. The molecule has 11 heteroatoms. The van der Waals surface area contributed by atoms with E-state index in [0.717, 1.165) is 16.5 Å². The summed E-state index contributed by atoms with van der Waals surface area (Å²) in [6.07, 6.45) is 1.65. The van der Waals surface area contributed by atoms with Crippen LogP contribution < -0.4 is 15.1 Å². The van der Waals surface area contributed by atoms with Gasteiger partial charge in [-0.3, -0.25) is 4.90 Å². The molecule has 3 heterocycles. The molecule has 0 radical (unpaired) electrons. The summed E-state index contributed by atoms with van der Waals surface area (Å²) in [7, 11) is 1.64. The van der Waals surface area contributed by atoms with Gasteiger partial charge in [0.15, 0.2) is 0 Å². The number of rotatable bonds is 4. The first kappa shape index (κ1) is 27.0. The van der Waals surface area contributed by atoms with E-state index in [4.69, 9.17) is 14.9 Å².